The SMILES string of the molecule is C=CCN(Cc1ccccc1)C(=O)[C@@H]1[C@H]2C(=O)N([C@@H](CO)C(C)C)C(C(=O)N(CC=C)C(C)(C)CC(C)(C)C)C23CC[C@@]1(C)O3. The molecule has 3 heterocycles. The highest BCUT2D eigenvalue weighted by molar-refractivity contribution is 5.99. The molecule has 3 aliphatic rings. The lowest BCUT2D eigenvalue weighted by Gasteiger charge is -2.47. The number of likely N-dealkylation sites (tertiary alicyclic amines) is 1. The molecule has 2 unspecified atom stereocenters. The average molecular weight is 622 g/mol. The van der Waals surface area contributed by atoms with E-state index in [1.54, 1.807) is 22.0 Å². The summed E-state index contributed by atoms with van der Waals surface area (Å²) in [6, 6.07) is 8.18. The van der Waals surface area contributed by atoms with Crippen LogP contribution in [0.1, 0.15) is 80.2 Å². The van der Waals surface area contributed by atoms with E-state index in [9.17, 15) is 14.7 Å². The van der Waals surface area contributed by atoms with Crippen LogP contribution in [0.15, 0.2) is 55.6 Å². The van der Waals surface area contributed by atoms with Gasteiger partial charge >= 0.3 is 0 Å². The van der Waals surface area contributed by atoms with Gasteiger partial charge in [0.15, 0.2) is 0 Å². The molecule has 1 aromatic carbocycles. The molecule has 8 nitrogen and oxygen atoms in total. The molecule has 3 aliphatic heterocycles. The lowest BCUT2D eigenvalue weighted by atomic mass is 9.66. The number of carbonyl (C=O) groups is 3. The van der Waals surface area contributed by atoms with E-state index >= 15 is 4.79 Å². The highest BCUT2D eigenvalue weighted by Gasteiger charge is 2.79. The molecule has 1 N–H and O–H groups in total. The molecular weight excluding hydrogens is 566 g/mol. The second-order valence-corrected chi connectivity index (χ2v) is 15.7. The normalized spacial score (nSPS) is 28.3. The molecule has 0 aromatic heterocycles. The van der Waals surface area contributed by atoms with Gasteiger partial charge in [0.25, 0.3) is 0 Å². The van der Waals surface area contributed by atoms with Crippen molar-refractivity contribution in [1.29, 1.82) is 0 Å². The molecule has 1 aromatic rings. The largest absolute Gasteiger partial charge is 0.394 e. The van der Waals surface area contributed by atoms with Crippen molar-refractivity contribution in [3.63, 3.8) is 0 Å². The summed E-state index contributed by atoms with van der Waals surface area (Å²) in [6.45, 7) is 24.9. The van der Waals surface area contributed by atoms with Crippen molar-refractivity contribution in [2.75, 3.05) is 19.7 Å². The van der Waals surface area contributed by atoms with E-state index in [-0.39, 0.29) is 35.7 Å². The molecular formula is C37H55N3O5. The van der Waals surface area contributed by atoms with E-state index < -0.39 is 40.7 Å². The summed E-state index contributed by atoms with van der Waals surface area (Å²) in [5, 5.41) is 10.6. The minimum atomic E-state index is -1.19. The second-order valence-electron chi connectivity index (χ2n) is 15.7. The number of amides is 3. The molecule has 2 bridgehead atoms. The van der Waals surface area contributed by atoms with Crippen LogP contribution in [0.5, 0.6) is 0 Å². The molecule has 0 radical (unpaired) electrons. The standard InChI is InChI=1S/C37H55N3O5/c1-11-20-38(22-26-16-14-13-15-17-26)31(42)28-29-32(43)40(27(23-41)25(3)4)30(37(29)19-18-36(28,10)45-37)33(44)39(21-12-2)35(8,9)24-34(5,6)7/h11-17,25,27-30,41H,1-2,18-24H2,3-10H3/t27-,28-,29-,30?,36+,37?/m0/s1. The molecule has 1 spiro atoms. The Morgan fingerprint density at radius 2 is 1.69 bits per heavy atom. The number of hydrogen-bond donors (Lipinski definition) is 1. The van der Waals surface area contributed by atoms with Gasteiger partial charge < -0.3 is 24.5 Å². The summed E-state index contributed by atoms with van der Waals surface area (Å²) >= 11 is 0. The molecule has 248 valence electrons. The zero-order valence-electron chi connectivity index (χ0n) is 28.7. The Morgan fingerprint density at radius 1 is 1.07 bits per heavy atom. The summed E-state index contributed by atoms with van der Waals surface area (Å²) in [6.07, 6.45) is 5.18. The molecule has 3 amide bonds. The van der Waals surface area contributed by atoms with Crippen molar-refractivity contribution in [2.24, 2.45) is 23.2 Å². The van der Waals surface area contributed by atoms with Crippen LogP contribution >= 0.6 is 0 Å². The van der Waals surface area contributed by atoms with Crippen LogP contribution in [-0.4, -0.2) is 86.0 Å². The monoisotopic (exact) mass is 621 g/mol. The first-order valence-corrected chi connectivity index (χ1v) is 16.5. The third-order valence-corrected chi connectivity index (χ3v) is 10.2. The minimum Gasteiger partial charge on any atom is -0.394 e. The molecule has 0 aliphatic carbocycles. The van der Waals surface area contributed by atoms with Gasteiger partial charge in [-0.3, -0.25) is 14.4 Å². The number of nitrogens with zero attached hydrogens (tertiary/aromatic N) is 3. The van der Waals surface area contributed by atoms with Crippen molar-refractivity contribution in [2.45, 2.75) is 110 Å². The predicted molar refractivity (Wildman–Crippen MR) is 177 cm³/mol. The van der Waals surface area contributed by atoms with Gasteiger partial charge in [-0.1, -0.05) is 77.1 Å². The topological polar surface area (TPSA) is 90.4 Å². The first-order valence-electron chi connectivity index (χ1n) is 16.5. The molecule has 6 atom stereocenters. The maximum absolute atomic E-state index is 15.1. The lowest BCUT2D eigenvalue weighted by Crippen LogP contribution is -2.63. The maximum Gasteiger partial charge on any atom is 0.249 e. The smallest absolute Gasteiger partial charge is 0.249 e. The van der Waals surface area contributed by atoms with Gasteiger partial charge in [-0.15, -0.1) is 13.2 Å². The Kier molecular flexibility index (Phi) is 9.83. The highest BCUT2D eigenvalue weighted by atomic mass is 16.5. The quantitative estimate of drug-likeness (QED) is 0.306. The van der Waals surface area contributed by atoms with E-state index in [1.807, 2.05) is 56.0 Å². The van der Waals surface area contributed by atoms with E-state index in [4.69, 9.17) is 4.74 Å². The third-order valence-electron chi connectivity index (χ3n) is 10.2. The molecule has 3 fully saturated rings. The second kappa shape index (κ2) is 12.7. The molecule has 4 rings (SSSR count). The summed E-state index contributed by atoms with van der Waals surface area (Å²) in [7, 11) is 0. The zero-order chi connectivity index (χ0) is 33.5. The van der Waals surface area contributed by atoms with Crippen molar-refractivity contribution < 1.29 is 24.2 Å². The van der Waals surface area contributed by atoms with Crippen molar-refractivity contribution in [3.05, 3.63) is 61.2 Å². The molecule has 8 heteroatoms. The van der Waals surface area contributed by atoms with Crippen LogP contribution in [0.3, 0.4) is 0 Å². The van der Waals surface area contributed by atoms with Crippen LogP contribution in [0.2, 0.25) is 0 Å². The van der Waals surface area contributed by atoms with E-state index in [0.29, 0.717) is 32.5 Å². The van der Waals surface area contributed by atoms with Crippen LogP contribution in [-0.2, 0) is 25.7 Å². The number of aliphatic hydroxyl groups excluding tert-OH is 1. The molecule has 3 saturated heterocycles. The Hall–Kier alpha value is -2.97. The zero-order valence-corrected chi connectivity index (χ0v) is 28.7. The fourth-order valence-electron chi connectivity index (χ4n) is 8.69. The highest BCUT2D eigenvalue weighted by Crippen LogP contribution is 2.64. The first-order chi connectivity index (χ1) is 21.0. The van der Waals surface area contributed by atoms with Gasteiger partial charge in [0, 0.05) is 25.2 Å². The van der Waals surface area contributed by atoms with Gasteiger partial charge in [0.1, 0.15) is 11.6 Å². The summed E-state index contributed by atoms with van der Waals surface area (Å²) in [5.41, 5.74) is -1.75. The van der Waals surface area contributed by atoms with Gasteiger partial charge in [-0.2, -0.15) is 0 Å². The minimum absolute atomic E-state index is 0.0680. The molecule has 0 saturated carbocycles. The fourth-order valence-corrected chi connectivity index (χ4v) is 8.69. The Labute approximate surface area is 270 Å². The number of rotatable bonds is 13. The van der Waals surface area contributed by atoms with Crippen LogP contribution < -0.4 is 0 Å². The van der Waals surface area contributed by atoms with Crippen LogP contribution in [0.4, 0.5) is 0 Å². The van der Waals surface area contributed by atoms with Crippen molar-refractivity contribution in [3.8, 4) is 0 Å². The number of benzene rings is 1. The van der Waals surface area contributed by atoms with E-state index in [0.717, 1.165) is 12.0 Å². The third kappa shape index (κ3) is 6.25. The van der Waals surface area contributed by atoms with E-state index in [2.05, 4.69) is 47.8 Å². The number of ether oxygens (including phenoxy) is 1. The summed E-state index contributed by atoms with van der Waals surface area (Å²) < 4.78 is 6.94. The molecule has 45 heavy (non-hydrogen) atoms. The van der Waals surface area contributed by atoms with Crippen LogP contribution in [0, 0.1) is 23.2 Å². The average Bonchev–Trinajstić information content (AvgIpc) is 3.51. The summed E-state index contributed by atoms with van der Waals surface area (Å²) in [4.78, 5) is 49.6. The Morgan fingerprint density at radius 3 is 2.22 bits per heavy atom. The van der Waals surface area contributed by atoms with Crippen molar-refractivity contribution >= 4 is 17.7 Å². The lowest BCUT2D eigenvalue weighted by molar-refractivity contribution is -0.161. The maximum atomic E-state index is 15.1. The van der Waals surface area contributed by atoms with Gasteiger partial charge in [0.05, 0.1) is 30.1 Å². The van der Waals surface area contributed by atoms with Crippen LogP contribution in [0.25, 0.3) is 0 Å². The first kappa shape index (κ1) is 34.9. The van der Waals surface area contributed by atoms with Gasteiger partial charge in [-0.25, -0.2) is 0 Å². The number of hydrogen-bond acceptors (Lipinski definition) is 5. The Balaban J connectivity index is 1.83. The number of fused-ring (bicyclic) bond motifs is 1. The predicted octanol–water partition coefficient (Wildman–Crippen LogP) is 5.21. The van der Waals surface area contributed by atoms with Gasteiger partial charge in [0.2, 0.25) is 17.7 Å². The van der Waals surface area contributed by atoms with Crippen molar-refractivity contribution in [1.82, 2.24) is 14.7 Å². The summed E-state index contributed by atoms with van der Waals surface area (Å²) in [5.74, 6) is -2.42. The van der Waals surface area contributed by atoms with Gasteiger partial charge in [-0.05, 0) is 56.9 Å². The fraction of sp³-hybridized carbons (Fsp3) is 0.649. The Bertz CT molecular complexity index is 1290. The number of aliphatic hydroxyl groups is 1. The van der Waals surface area contributed by atoms with E-state index in [1.165, 1.54) is 0 Å². The number of carbonyl (C=O) groups excluding carboxylic acids is 3.